The Morgan fingerprint density at radius 3 is 2.33 bits per heavy atom. The van der Waals surface area contributed by atoms with Gasteiger partial charge in [-0.15, -0.1) is 0 Å². The number of hydrogen-bond donors (Lipinski definition) is 1. The molecule has 1 aliphatic rings. The van der Waals surface area contributed by atoms with Crippen molar-refractivity contribution in [3.63, 3.8) is 0 Å². The maximum Gasteiger partial charge on any atom is 0.315 e. The molecule has 0 spiro atoms. The highest BCUT2D eigenvalue weighted by molar-refractivity contribution is 6.49. The Labute approximate surface area is 161 Å². The predicted molar refractivity (Wildman–Crippen MR) is 107 cm³/mol. The van der Waals surface area contributed by atoms with Crippen molar-refractivity contribution < 1.29 is 19.1 Å². The number of ketones is 1. The van der Waals surface area contributed by atoms with Crippen LogP contribution in [0.5, 0.6) is 5.75 Å². The van der Waals surface area contributed by atoms with Crippen LogP contribution < -0.4 is 4.43 Å². The van der Waals surface area contributed by atoms with E-state index in [2.05, 4.69) is 20.8 Å². The average Bonchev–Trinajstić information content (AvgIpc) is 2.87. The zero-order chi connectivity index (χ0) is 19.9. The summed E-state index contributed by atoms with van der Waals surface area (Å²) in [5.41, 5.74) is 3.11. The summed E-state index contributed by atoms with van der Waals surface area (Å²) in [6.45, 7) is 10.5. The number of benzene rings is 2. The molecule has 0 aliphatic heterocycles. The number of aliphatic carboxylic acids is 1. The third kappa shape index (κ3) is 3.56. The van der Waals surface area contributed by atoms with Crippen LogP contribution in [0, 0.1) is 5.92 Å². The third-order valence-electron chi connectivity index (χ3n) is 4.97. The van der Waals surface area contributed by atoms with Gasteiger partial charge >= 0.3 is 5.97 Å². The van der Waals surface area contributed by atoms with Crippen molar-refractivity contribution in [2.75, 3.05) is 0 Å². The molecular formula is C22H25O4Si. The summed E-state index contributed by atoms with van der Waals surface area (Å²) < 4.78 is 6.17. The van der Waals surface area contributed by atoms with Crippen molar-refractivity contribution in [1.82, 2.24) is 0 Å². The number of hydrogen-bond acceptors (Lipinski definition) is 3. The molecule has 2 unspecified atom stereocenters. The molecule has 2 aromatic carbocycles. The van der Waals surface area contributed by atoms with E-state index < -0.39 is 26.8 Å². The number of fused-ring (bicyclic) bond motifs is 1. The van der Waals surface area contributed by atoms with Crippen molar-refractivity contribution in [2.24, 2.45) is 5.92 Å². The Bertz CT molecular complexity index is 895. The molecule has 1 radical (unpaired) electrons. The Kier molecular flexibility index (Phi) is 4.99. The van der Waals surface area contributed by atoms with Crippen molar-refractivity contribution in [3.05, 3.63) is 64.7 Å². The summed E-state index contributed by atoms with van der Waals surface area (Å²) in [6.07, 6.45) is 0. The lowest BCUT2D eigenvalue weighted by molar-refractivity contribution is -0.140. The van der Waals surface area contributed by atoms with Crippen molar-refractivity contribution >= 4 is 20.8 Å². The van der Waals surface area contributed by atoms with Gasteiger partial charge in [-0.3, -0.25) is 9.59 Å². The summed E-state index contributed by atoms with van der Waals surface area (Å²) in [5.74, 6) is -2.37. The van der Waals surface area contributed by atoms with Gasteiger partial charge in [-0.25, -0.2) is 0 Å². The van der Waals surface area contributed by atoms with E-state index in [0.29, 0.717) is 11.3 Å². The quantitative estimate of drug-likeness (QED) is 0.619. The molecular weight excluding hydrogens is 356 g/mol. The van der Waals surface area contributed by atoms with Gasteiger partial charge in [-0.05, 0) is 35.7 Å². The molecule has 1 N–H and O–H groups in total. The summed E-state index contributed by atoms with van der Waals surface area (Å²) >= 11 is 0. The molecule has 0 heterocycles. The molecule has 4 nitrogen and oxygen atoms in total. The van der Waals surface area contributed by atoms with Gasteiger partial charge in [0.15, 0.2) is 5.78 Å². The van der Waals surface area contributed by atoms with E-state index in [-0.39, 0.29) is 11.2 Å². The minimum atomic E-state index is -1.12. The minimum Gasteiger partial charge on any atom is -0.542 e. The second kappa shape index (κ2) is 6.96. The maximum atomic E-state index is 12.8. The van der Waals surface area contributed by atoms with E-state index in [0.717, 1.165) is 16.7 Å². The second-order valence-corrected chi connectivity index (χ2v) is 10.3. The topological polar surface area (TPSA) is 63.6 Å². The molecule has 3 rings (SSSR count). The first-order chi connectivity index (χ1) is 12.6. The molecule has 2 aromatic rings. The lowest BCUT2D eigenvalue weighted by Crippen LogP contribution is -2.25. The normalized spacial score (nSPS) is 19.3. The van der Waals surface area contributed by atoms with Gasteiger partial charge in [0, 0.05) is 17.0 Å². The van der Waals surface area contributed by atoms with Gasteiger partial charge in [-0.2, -0.15) is 0 Å². The number of carboxylic acids is 1. The van der Waals surface area contributed by atoms with Crippen molar-refractivity contribution in [2.45, 2.75) is 45.2 Å². The van der Waals surface area contributed by atoms with E-state index in [9.17, 15) is 14.7 Å². The van der Waals surface area contributed by atoms with Gasteiger partial charge in [0.25, 0.3) is 9.04 Å². The lowest BCUT2D eigenvalue weighted by atomic mass is 9.81. The molecule has 0 aromatic heterocycles. The standard InChI is InChI=1S/C22H25O4Si/c1-22(2,3)13-10-11-16(17(12-13)26-27(4)5)18-14-8-6-7-9-15(14)20(23)19(18)21(24)25/h6-12,18-19H,1-5H3,(H,24,25). The summed E-state index contributed by atoms with van der Waals surface area (Å²) in [6, 6.07) is 13.2. The monoisotopic (exact) mass is 381 g/mol. The highest BCUT2D eigenvalue weighted by Gasteiger charge is 2.46. The van der Waals surface area contributed by atoms with Gasteiger partial charge in [0.05, 0.1) is 0 Å². The largest absolute Gasteiger partial charge is 0.542 e. The number of carbonyl (C=O) groups is 2. The first-order valence-corrected chi connectivity index (χ1v) is 11.5. The van der Waals surface area contributed by atoms with E-state index in [1.54, 1.807) is 12.1 Å². The summed E-state index contributed by atoms with van der Waals surface area (Å²) in [7, 11) is -1.06. The zero-order valence-corrected chi connectivity index (χ0v) is 17.4. The van der Waals surface area contributed by atoms with Gasteiger partial charge in [0.1, 0.15) is 11.7 Å². The Hall–Kier alpha value is -2.40. The first kappa shape index (κ1) is 19.4. The Morgan fingerprint density at radius 1 is 1.07 bits per heavy atom. The Balaban J connectivity index is 2.21. The smallest absolute Gasteiger partial charge is 0.315 e. The Morgan fingerprint density at radius 2 is 1.74 bits per heavy atom. The van der Waals surface area contributed by atoms with Crippen LogP contribution in [0.25, 0.3) is 0 Å². The van der Waals surface area contributed by atoms with Crippen LogP contribution in [0.4, 0.5) is 0 Å². The molecule has 0 bridgehead atoms. The third-order valence-corrected chi connectivity index (χ3v) is 5.60. The van der Waals surface area contributed by atoms with E-state index in [1.165, 1.54) is 0 Å². The van der Waals surface area contributed by atoms with Crippen LogP contribution in [0.1, 0.15) is 53.7 Å². The van der Waals surface area contributed by atoms with Crippen LogP contribution >= 0.6 is 0 Å². The summed E-state index contributed by atoms with van der Waals surface area (Å²) in [5, 5.41) is 9.79. The highest BCUT2D eigenvalue weighted by Crippen LogP contribution is 2.46. The van der Waals surface area contributed by atoms with E-state index >= 15 is 0 Å². The van der Waals surface area contributed by atoms with Gasteiger partial charge < -0.3 is 9.53 Å². The van der Waals surface area contributed by atoms with Crippen LogP contribution in [-0.2, 0) is 10.2 Å². The fourth-order valence-electron chi connectivity index (χ4n) is 3.66. The first-order valence-electron chi connectivity index (χ1n) is 9.09. The average molecular weight is 382 g/mol. The van der Waals surface area contributed by atoms with Gasteiger partial charge in [-0.1, -0.05) is 57.2 Å². The summed E-state index contributed by atoms with van der Waals surface area (Å²) in [4.78, 5) is 24.7. The molecule has 0 fully saturated rings. The van der Waals surface area contributed by atoms with Crippen LogP contribution in [0.15, 0.2) is 42.5 Å². The van der Waals surface area contributed by atoms with Crippen LogP contribution in [0.2, 0.25) is 13.1 Å². The van der Waals surface area contributed by atoms with E-state index in [4.69, 9.17) is 4.43 Å². The highest BCUT2D eigenvalue weighted by atomic mass is 28.3. The van der Waals surface area contributed by atoms with Gasteiger partial charge in [0.2, 0.25) is 0 Å². The molecule has 0 saturated carbocycles. The fourth-order valence-corrected chi connectivity index (χ4v) is 4.28. The zero-order valence-electron chi connectivity index (χ0n) is 16.4. The number of carbonyl (C=O) groups excluding carboxylic acids is 1. The predicted octanol–water partition coefficient (Wildman–Crippen LogP) is 4.64. The van der Waals surface area contributed by atoms with Crippen LogP contribution in [0.3, 0.4) is 0 Å². The molecule has 1 aliphatic carbocycles. The molecule has 27 heavy (non-hydrogen) atoms. The number of carboxylic acid groups (broad SMARTS) is 1. The maximum absolute atomic E-state index is 12.8. The van der Waals surface area contributed by atoms with Crippen molar-refractivity contribution in [1.29, 1.82) is 0 Å². The fraction of sp³-hybridized carbons (Fsp3) is 0.364. The SMILES string of the molecule is C[Si](C)Oc1cc(C(C)(C)C)ccc1C1c2ccccc2C(=O)C1C(=O)O. The van der Waals surface area contributed by atoms with Crippen LogP contribution in [-0.4, -0.2) is 25.9 Å². The number of rotatable bonds is 4. The number of Topliss-reactive ketones (excluding diaryl/α,β-unsaturated/α-hetero) is 1. The molecule has 5 heteroatoms. The molecule has 0 saturated heterocycles. The lowest BCUT2D eigenvalue weighted by Gasteiger charge is -2.25. The van der Waals surface area contributed by atoms with E-state index in [1.807, 2.05) is 43.4 Å². The minimum absolute atomic E-state index is 0.0549. The molecule has 2 atom stereocenters. The van der Waals surface area contributed by atoms with Crippen molar-refractivity contribution in [3.8, 4) is 5.75 Å². The molecule has 0 amide bonds. The second-order valence-electron chi connectivity index (χ2n) is 8.26. The molecule has 141 valence electrons.